The Balaban J connectivity index is 2.49. The van der Waals surface area contributed by atoms with Crippen molar-refractivity contribution in [3.05, 3.63) is 35.4 Å². The minimum absolute atomic E-state index is 0.0136. The third-order valence-electron chi connectivity index (χ3n) is 2.42. The first-order chi connectivity index (χ1) is 8.28. The van der Waals surface area contributed by atoms with Gasteiger partial charge in [0.2, 0.25) is 5.91 Å². The number of carbonyl (C=O) groups excluding carboxylic acids is 1. The highest BCUT2D eigenvalue weighted by atomic mass is 32.1. The van der Waals surface area contributed by atoms with Crippen LogP contribution in [0, 0.1) is 5.41 Å². The van der Waals surface area contributed by atoms with Gasteiger partial charge in [-0.3, -0.25) is 4.79 Å². The van der Waals surface area contributed by atoms with E-state index in [4.69, 9.17) is 18.0 Å². The second kappa shape index (κ2) is 5.96. The van der Waals surface area contributed by atoms with E-state index in [0.29, 0.717) is 18.0 Å². The minimum atomic E-state index is 0.0136. The van der Waals surface area contributed by atoms with E-state index in [9.17, 15) is 4.79 Å². The number of rotatable bonds is 4. The quantitative estimate of drug-likeness (QED) is 0.821. The fraction of sp³-hybridized carbons (Fsp3) is 0.429. The van der Waals surface area contributed by atoms with E-state index >= 15 is 0 Å². The number of nitrogens with one attached hydrogen (secondary N) is 1. The fourth-order valence-electron chi connectivity index (χ4n) is 1.53. The van der Waals surface area contributed by atoms with Gasteiger partial charge >= 0.3 is 0 Å². The van der Waals surface area contributed by atoms with Gasteiger partial charge in [0.1, 0.15) is 4.99 Å². The van der Waals surface area contributed by atoms with Crippen LogP contribution < -0.4 is 11.1 Å². The Kier molecular flexibility index (Phi) is 4.84. The molecule has 3 nitrogen and oxygen atoms in total. The molecule has 3 N–H and O–H groups in total. The second-order valence-corrected chi connectivity index (χ2v) is 6.02. The van der Waals surface area contributed by atoms with Gasteiger partial charge in [-0.05, 0) is 11.0 Å². The normalized spacial score (nSPS) is 11.1. The number of nitrogens with two attached hydrogens (primary N) is 1. The highest BCUT2D eigenvalue weighted by Crippen LogP contribution is 2.17. The molecule has 98 valence electrons. The van der Waals surface area contributed by atoms with Gasteiger partial charge in [0.25, 0.3) is 0 Å². The summed E-state index contributed by atoms with van der Waals surface area (Å²) in [6, 6.07) is 7.58. The number of amides is 1. The van der Waals surface area contributed by atoms with Crippen LogP contribution in [0.1, 0.15) is 38.3 Å². The zero-order chi connectivity index (χ0) is 13.8. The lowest BCUT2D eigenvalue weighted by atomic mass is 9.92. The van der Waals surface area contributed by atoms with Crippen molar-refractivity contribution < 1.29 is 4.79 Å². The predicted octanol–water partition coefficient (Wildman–Crippen LogP) is 2.37. The number of carbonyl (C=O) groups is 1. The molecule has 0 saturated heterocycles. The first-order valence-corrected chi connectivity index (χ1v) is 6.34. The Morgan fingerprint density at radius 2 is 1.83 bits per heavy atom. The number of hydrogen-bond donors (Lipinski definition) is 2. The average molecular weight is 264 g/mol. The summed E-state index contributed by atoms with van der Waals surface area (Å²) < 4.78 is 0. The van der Waals surface area contributed by atoms with Crippen LogP contribution >= 0.6 is 12.2 Å². The van der Waals surface area contributed by atoms with Crippen LogP contribution in [0.4, 0.5) is 0 Å². The van der Waals surface area contributed by atoms with Crippen LogP contribution in [0.3, 0.4) is 0 Å². The topological polar surface area (TPSA) is 55.1 Å². The Morgan fingerprint density at radius 1 is 1.28 bits per heavy atom. The maximum absolute atomic E-state index is 11.7. The molecule has 0 unspecified atom stereocenters. The molecule has 1 rings (SSSR count). The van der Waals surface area contributed by atoms with Crippen LogP contribution in [0.15, 0.2) is 24.3 Å². The molecule has 0 radical (unpaired) electrons. The molecule has 0 aromatic heterocycles. The van der Waals surface area contributed by atoms with Crippen LogP contribution in [-0.2, 0) is 11.3 Å². The third-order valence-corrected chi connectivity index (χ3v) is 2.65. The van der Waals surface area contributed by atoms with E-state index in [-0.39, 0.29) is 11.3 Å². The molecule has 0 saturated carbocycles. The van der Waals surface area contributed by atoms with Crippen LogP contribution in [0.2, 0.25) is 0 Å². The largest absolute Gasteiger partial charge is 0.389 e. The summed E-state index contributed by atoms with van der Waals surface area (Å²) in [5.41, 5.74) is 7.41. The van der Waals surface area contributed by atoms with Gasteiger partial charge in [0.05, 0.1) is 0 Å². The fourth-order valence-corrected chi connectivity index (χ4v) is 1.67. The Bertz CT molecular complexity index is 432. The molecule has 0 spiro atoms. The first kappa shape index (κ1) is 14.6. The zero-order valence-corrected chi connectivity index (χ0v) is 11.9. The summed E-state index contributed by atoms with van der Waals surface area (Å²) in [6.45, 7) is 6.67. The Hall–Kier alpha value is -1.42. The Morgan fingerprint density at radius 3 is 2.28 bits per heavy atom. The highest BCUT2D eigenvalue weighted by molar-refractivity contribution is 7.80. The van der Waals surface area contributed by atoms with Crippen LogP contribution in [0.25, 0.3) is 0 Å². The van der Waals surface area contributed by atoms with Crippen molar-refractivity contribution in [2.24, 2.45) is 11.1 Å². The van der Waals surface area contributed by atoms with E-state index in [0.717, 1.165) is 11.1 Å². The van der Waals surface area contributed by atoms with Gasteiger partial charge in [0, 0.05) is 18.5 Å². The third kappa shape index (κ3) is 5.27. The maximum Gasteiger partial charge on any atom is 0.220 e. The molecule has 0 aliphatic carbocycles. The van der Waals surface area contributed by atoms with Crippen molar-refractivity contribution in [3.8, 4) is 0 Å². The van der Waals surface area contributed by atoms with E-state index in [1.165, 1.54) is 0 Å². The summed E-state index contributed by atoms with van der Waals surface area (Å²) >= 11 is 4.88. The van der Waals surface area contributed by atoms with E-state index < -0.39 is 0 Å². The maximum atomic E-state index is 11.7. The van der Waals surface area contributed by atoms with Crippen LogP contribution in [-0.4, -0.2) is 10.9 Å². The van der Waals surface area contributed by atoms with Gasteiger partial charge in [-0.1, -0.05) is 57.3 Å². The molecule has 0 aliphatic heterocycles. The van der Waals surface area contributed by atoms with E-state index in [2.05, 4.69) is 5.32 Å². The van der Waals surface area contributed by atoms with E-state index in [1.54, 1.807) is 0 Å². The molecule has 0 atom stereocenters. The molecular weight excluding hydrogens is 244 g/mol. The minimum Gasteiger partial charge on any atom is -0.389 e. The number of hydrogen-bond acceptors (Lipinski definition) is 2. The zero-order valence-electron chi connectivity index (χ0n) is 11.1. The smallest absolute Gasteiger partial charge is 0.220 e. The first-order valence-electron chi connectivity index (χ1n) is 5.93. The summed E-state index contributed by atoms with van der Waals surface area (Å²) in [5, 5.41) is 2.90. The summed E-state index contributed by atoms with van der Waals surface area (Å²) in [4.78, 5) is 12.0. The van der Waals surface area contributed by atoms with Gasteiger partial charge in [-0.15, -0.1) is 0 Å². The number of benzene rings is 1. The second-order valence-electron chi connectivity index (χ2n) is 5.58. The van der Waals surface area contributed by atoms with Crippen molar-refractivity contribution in [2.45, 2.75) is 33.7 Å². The molecule has 0 bridgehead atoms. The molecule has 0 aliphatic rings. The molecule has 0 fully saturated rings. The summed E-state index contributed by atoms with van der Waals surface area (Å²) in [6.07, 6.45) is 0.526. The predicted molar refractivity (Wildman–Crippen MR) is 78.2 cm³/mol. The molecular formula is C14H20N2OS. The monoisotopic (exact) mass is 264 g/mol. The van der Waals surface area contributed by atoms with Crippen molar-refractivity contribution in [1.29, 1.82) is 0 Å². The molecule has 4 heteroatoms. The Labute approximate surface area is 114 Å². The number of thiocarbonyl (C=S) groups is 1. The van der Waals surface area contributed by atoms with Crippen molar-refractivity contribution in [2.75, 3.05) is 0 Å². The van der Waals surface area contributed by atoms with Crippen LogP contribution in [0.5, 0.6) is 0 Å². The van der Waals surface area contributed by atoms with Crippen molar-refractivity contribution in [3.63, 3.8) is 0 Å². The molecule has 1 aromatic carbocycles. The molecule has 1 amide bonds. The summed E-state index contributed by atoms with van der Waals surface area (Å²) in [7, 11) is 0. The lowest BCUT2D eigenvalue weighted by Crippen LogP contribution is -2.27. The summed E-state index contributed by atoms with van der Waals surface area (Å²) in [5.74, 6) is 0.0703. The lowest BCUT2D eigenvalue weighted by Gasteiger charge is -2.17. The van der Waals surface area contributed by atoms with Crippen molar-refractivity contribution >= 4 is 23.1 Å². The molecule has 0 heterocycles. The van der Waals surface area contributed by atoms with Crippen molar-refractivity contribution in [1.82, 2.24) is 5.32 Å². The lowest BCUT2D eigenvalue weighted by molar-refractivity contribution is -0.122. The van der Waals surface area contributed by atoms with Gasteiger partial charge in [-0.2, -0.15) is 0 Å². The van der Waals surface area contributed by atoms with Gasteiger partial charge < -0.3 is 11.1 Å². The standard InChI is InChI=1S/C14H20N2OS/c1-14(2,3)8-12(17)16-9-10-4-6-11(7-5-10)13(15)18/h4-7H,8-9H2,1-3H3,(H2,15,18)(H,16,17). The molecule has 18 heavy (non-hydrogen) atoms. The molecule has 1 aromatic rings. The van der Waals surface area contributed by atoms with E-state index in [1.807, 2.05) is 45.0 Å². The van der Waals surface area contributed by atoms with Gasteiger partial charge in [0.15, 0.2) is 0 Å². The average Bonchev–Trinajstić information content (AvgIpc) is 2.24. The van der Waals surface area contributed by atoms with Gasteiger partial charge in [-0.25, -0.2) is 0 Å². The highest BCUT2D eigenvalue weighted by Gasteiger charge is 2.15. The SMILES string of the molecule is CC(C)(C)CC(=O)NCc1ccc(C(N)=S)cc1.